The SMILES string of the molecule is CCCn1c(SCc2ccc(F)cc2Cl)nnc1-c1csc(CC)c1. The molecule has 0 aliphatic carbocycles. The highest BCUT2D eigenvalue weighted by Crippen LogP contribution is 2.31. The predicted molar refractivity (Wildman–Crippen MR) is 104 cm³/mol. The Hall–Kier alpha value is -1.37. The van der Waals surface area contributed by atoms with Gasteiger partial charge in [-0.3, -0.25) is 0 Å². The van der Waals surface area contributed by atoms with E-state index in [1.165, 1.54) is 17.0 Å². The van der Waals surface area contributed by atoms with Crippen molar-refractivity contribution < 1.29 is 4.39 Å². The number of rotatable bonds is 7. The summed E-state index contributed by atoms with van der Waals surface area (Å²) in [7, 11) is 0. The number of hydrogen-bond acceptors (Lipinski definition) is 4. The molecule has 0 amide bonds. The van der Waals surface area contributed by atoms with E-state index in [1.54, 1.807) is 29.2 Å². The van der Waals surface area contributed by atoms with Gasteiger partial charge < -0.3 is 4.57 Å². The molecule has 132 valence electrons. The van der Waals surface area contributed by atoms with Gasteiger partial charge in [0.1, 0.15) is 5.82 Å². The zero-order chi connectivity index (χ0) is 17.8. The monoisotopic (exact) mass is 395 g/mol. The highest BCUT2D eigenvalue weighted by molar-refractivity contribution is 7.98. The lowest BCUT2D eigenvalue weighted by Gasteiger charge is -2.08. The molecular weight excluding hydrogens is 377 g/mol. The molecule has 0 atom stereocenters. The van der Waals surface area contributed by atoms with Gasteiger partial charge in [0.2, 0.25) is 0 Å². The van der Waals surface area contributed by atoms with Crippen LogP contribution in [-0.4, -0.2) is 14.8 Å². The Kier molecular flexibility index (Phi) is 6.15. The van der Waals surface area contributed by atoms with Gasteiger partial charge in [-0.2, -0.15) is 0 Å². The summed E-state index contributed by atoms with van der Waals surface area (Å²) < 4.78 is 15.3. The summed E-state index contributed by atoms with van der Waals surface area (Å²) in [4.78, 5) is 1.34. The van der Waals surface area contributed by atoms with Gasteiger partial charge >= 0.3 is 0 Å². The van der Waals surface area contributed by atoms with Crippen LogP contribution in [0.3, 0.4) is 0 Å². The summed E-state index contributed by atoms with van der Waals surface area (Å²) in [6, 6.07) is 6.68. The average Bonchev–Trinajstić information content (AvgIpc) is 3.21. The third-order valence-corrected chi connectivity index (χ3v) is 6.24. The molecule has 0 spiro atoms. The lowest BCUT2D eigenvalue weighted by atomic mass is 10.2. The van der Waals surface area contributed by atoms with E-state index in [2.05, 4.69) is 40.1 Å². The maximum atomic E-state index is 13.2. The lowest BCUT2D eigenvalue weighted by Crippen LogP contribution is -2.01. The van der Waals surface area contributed by atoms with Crippen LogP contribution in [0, 0.1) is 5.82 Å². The van der Waals surface area contributed by atoms with Crippen LogP contribution in [0.5, 0.6) is 0 Å². The largest absolute Gasteiger partial charge is 0.302 e. The molecule has 7 heteroatoms. The second-order valence-electron chi connectivity index (χ2n) is 5.64. The van der Waals surface area contributed by atoms with Crippen molar-refractivity contribution in [3.05, 3.63) is 50.9 Å². The maximum Gasteiger partial charge on any atom is 0.191 e. The molecule has 25 heavy (non-hydrogen) atoms. The topological polar surface area (TPSA) is 30.7 Å². The minimum absolute atomic E-state index is 0.320. The van der Waals surface area contributed by atoms with Crippen LogP contribution >= 0.6 is 34.7 Å². The molecule has 0 fully saturated rings. The van der Waals surface area contributed by atoms with Crippen molar-refractivity contribution in [1.82, 2.24) is 14.8 Å². The smallest absolute Gasteiger partial charge is 0.191 e. The van der Waals surface area contributed by atoms with E-state index in [4.69, 9.17) is 11.6 Å². The van der Waals surface area contributed by atoms with Crippen molar-refractivity contribution in [2.24, 2.45) is 0 Å². The van der Waals surface area contributed by atoms with Crippen molar-refractivity contribution in [2.45, 2.75) is 44.1 Å². The van der Waals surface area contributed by atoms with Gasteiger partial charge in [0.25, 0.3) is 0 Å². The molecule has 0 saturated heterocycles. The Labute approximate surface area is 160 Å². The first-order valence-corrected chi connectivity index (χ1v) is 10.4. The molecule has 0 bridgehead atoms. The van der Waals surface area contributed by atoms with E-state index in [9.17, 15) is 4.39 Å². The highest BCUT2D eigenvalue weighted by atomic mass is 35.5. The molecule has 3 aromatic rings. The molecule has 0 aliphatic heterocycles. The normalized spacial score (nSPS) is 11.2. The Balaban J connectivity index is 1.83. The average molecular weight is 396 g/mol. The zero-order valence-corrected chi connectivity index (χ0v) is 16.5. The van der Waals surface area contributed by atoms with E-state index in [0.717, 1.165) is 41.5 Å². The van der Waals surface area contributed by atoms with Gasteiger partial charge in [0.05, 0.1) is 0 Å². The van der Waals surface area contributed by atoms with Crippen LogP contribution in [0.25, 0.3) is 11.4 Å². The Morgan fingerprint density at radius 1 is 1.24 bits per heavy atom. The van der Waals surface area contributed by atoms with E-state index in [0.29, 0.717) is 10.8 Å². The molecule has 0 N–H and O–H groups in total. The number of halogens is 2. The Morgan fingerprint density at radius 2 is 2.08 bits per heavy atom. The van der Waals surface area contributed by atoms with Crippen LogP contribution in [-0.2, 0) is 18.7 Å². The summed E-state index contributed by atoms with van der Waals surface area (Å²) in [5.74, 6) is 1.22. The van der Waals surface area contributed by atoms with Gasteiger partial charge in [0, 0.05) is 33.1 Å². The summed E-state index contributed by atoms with van der Waals surface area (Å²) in [5, 5.41) is 12.2. The van der Waals surface area contributed by atoms with E-state index < -0.39 is 0 Å². The number of benzene rings is 1. The first-order chi connectivity index (χ1) is 12.1. The molecule has 0 aliphatic rings. The summed E-state index contributed by atoms with van der Waals surface area (Å²) in [6.45, 7) is 5.15. The van der Waals surface area contributed by atoms with E-state index in [1.807, 2.05) is 0 Å². The van der Waals surface area contributed by atoms with Gasteiger partial charge in [-0.05, 0) is 36.6 Å². The number of nitrogens with zero attached hydrogens (tertiary/aromatic N) is 3. The first kappa shape index (κ1) is 18.4. The molecule has 2 heterocycles. The molecule has 1 aromatic carbocycles. The van der Waals surface area contributed by atoms with Gasteiger partial charge in [-0.15, -0.1) is 21.5 Å². The second kappa shape index (κ2) is 8.34. The first-order valence-electron chi connectivity index (χ1n) is 8.20. The molecule has 3 rings (SSSR count). The van der Waals surface area contributed by atoms with Crippen LogP contribution in [0.2, 0.25) is 5.02 Å². The maximum absolute atomic E-state index is 13.2. The number of aryl methyl sites for hydroxylation is 1. The second-order valence-corrected chi connectivity index (χ2v) is 7.98. The number of aromatic nitrogens is 3. The third kappa shape index (κ3) is 4.25. The number of thiophene rings is 1. The standard InChI is InChI=1S/C18H19ClFN3S2/c1-3-7-23-17(13-8-15(4-2)24-11-13)21-22-18(23)25-10-12-5-6-14(20)9-16(12)19/h5-6,8-9,11H,3-4,7,10H2,1-2H3. The Bertz CT molecular complexity index is 860. The van der Waals surface area contributed by atoms with Crippen LogP contribution in [0.1, 0.15) is 30.7 Å². The van der Waals surface area contributed by atoms with Crippen LogP contribution in [0.4, 0.5) is 4.39 Å². The van der Waals surface area contributed by atoms with E-state index >= 15 is 0 Å². The molecule has 3 nitrogen and oxygen atoms in total. The molecule has 0 saturated carbocycles. The fourth-order valence-electron chi connectivity index (χ4n) is 2.50. The molecule has 2 aromatic heterocycles. The van der Waals surface area contributed by atoms with Gasteiger partial charge in [-0.25, -0.2) is 4.39 Å². The fraction of sp³-hybridized carbons (Fsp3) is 0.333. The van der Waals surface area contributed by atoms with Crippen molar-refractivity contribution in [1.29, 1.82) is 0 Å². The minimum Gasteiger partial charge on any atom is -0.302 e. The highest BCUT2D eigenvalue weighted by Gasteiger charge is 2.15. The summed E-state index contributed by atoms with van der Waals surface area (Å²) >= 11 is 9.45. The van der Waals surface area contributed by atoms with Crippen LogP contribution < -0.4 is 0 Å². The van der Waals surface area contributed by atoms with Crippen molar-refractivity contribution >= 4 is 34.7 Å². The predicted octanol–water partition coefficient (Wildman–Crippen LogP) is 6.06. The third-order valence-electron chi connectivity index (χ3n) is 3.80. The van der Waals surface area contributed by atoms with E-state index in [-0.39, 0.29) is 5.82 Å². The minimum atomic E-state index is -0.320. The molecule has 0 radical (unpaired) electrons. The van der Waals surface area contributed by atoms with Crippen molar-refractivity contribution in [3.63, 3.8) is 0 Å². The van der Waals surface area contributed by atoms with Crippen molar-refractivity contribution in [2.75, 3.05) is 0 Å². The molecule has 0 unspecified atom stereocenters. The number of thioether (sulfide) groups is 1. The zero-order valence-electron chi connectivity index (χ0n) is 14.1. The van der Waals surface area contributed by atoms with Gasteiger partial charge in [-0.1, -0.05) is 43.3 Å². The number of hydrogen-bond donors (Lipinski definition) is 0. The summed E-state index contributed by atoms with van der Waals surface area (Å²) in [6.07, 6.45) is 2.03. The Morgan fingerprint density at radius 3 is 2.76 bits per heavy atom. The van der Waals surface area contributed by atoms with Gasteiger partial charge in [0.15, 0.2) is 11.0 Å². The quantitative estimate of drug-likeness (QED) is 0.455. The fourth-order valence-corrected chi connectivity index (χ4v) is 4.59. The summed E-state index contributed by atoms with van der Waals surface area (Å²) in [5.41, 5.74) is 2.01. The van der Waals surface area contributed by atoms with Crippen molar-refractivity contribution in [3.8, 4) is 11.4 Å². The lowest BCUT2D eigenvalue weighted by molar-refractivity contribution is 0.625. The van der Waals surface area contributed by atoms with Crippen LogP contribution in [0.15, 0.2) is 34.8 Å². The molecular formula is C18H19ClFN3S2.